The van der Waals surface area contributed by atoms with Crippen LogP contribution >= 0.6 is 0 Å². The topological polar surface area (TPSA) is 52.7 Å². The number of hydrogen-bond donors (Lipinski definition) is 0. The fourth-order valence-corrected chi connectivity index (χ4v) is 1.47. The summed E-state index contributed by atoms with van der Waals surface area (Å²) in [6, 6.07) is 1.78. The second kappa shape index (κ2) is 4.08. The molecule has 0 atom stereocenters. The number of aryl methyl sites for hydroxylation is 1. The van der Waals surface area contributed by atoms with Crippen molar-refractivity contribution in [3.63, 3.8) is 0 Å². The lowest BCUT2D eigenvalue weighted by Crippen LogP contribution is -2.07. The third-order valence-corrected chi connectivity index (χ3v) is 2.23. The van der Waals surface area contributed by atoms with E-state index in [-0.39, 0.29) is 0 Å². The second-order valence-electron chi connectivity index (χ2n) is 3.23. The van der Waals surface area contributed by atoms with E-state index in [4.69, 9.17) is 0 Å². The van der Waals surface area contributed by atoms with E-state index in [1.54, 1.807) is 18.6 Å². The molecular formula is C10H12N4O. The van der Waals surface area contributed by atoms with Crippen molar-refractivity contribution < 1.29 is 4.79 Å². The number of aldehydes is 1. The van der Waals surface area contributed by atoms with Crippen LogP contribution in [0, 0.1) is 0 Å². The average molecular weight is 204 g/mol. The molecule has 0 fully saturated rings. The largest absolute Gasteiger partial charge is 0.346 e. The molecule has 2 heterocycles. The van der Waals surface area contributed by atoms with Crippen LogP contribution in [0.5, 0.6) is 0 Å². The van der Waals surface area contributed by atoms with Crippen molar-refractivity contribution in [1.29, 1.82) is 0 Å². The maximum absolute atomic E-state index is 10.5. The highest BCUT2D eigenvalue weighted by Crippen LogP contribution is 2.02. The fourth-order valence-electron chi connectivity index (χ4n) is 1.47. The first kappa shape index (κ1) is 9.64. The van der Waals surface area contributed by atoms with Crippen molar-refractivity contribution in [3.8, 4) is 0 Å². The normalized spacial score (nSPS) is 10.5. The second-order valence-corrected chi connectivity index (χ2v) is 3.23. The summed E-state index contributed by atoms with van der Waals surface area (Å²) in [5.74, 6) is 0.894. The molecule has 15 heavy (non-hydrogen) atoms. The molecule has 0 radical (unpaired) electrons. The Morgan fingerprint density at radius 2 is 2.40 bits per heavy atom. The van der Waals surface area contributed by atoms with Crippen LogP contribution in [0.15, 0.2) is 24.8 Å². The highest BCUT2D eigenvalue weighted by atomic mass is 16.1. The summed E-state index contributed by atoms with van der Waals surface area (Å²) >= 11 is 0. The highest BCUT2D eigenvalue weighted by Gasteiger charge is 2.03. The van der Waals surface area contributed by atoms with Gasteiger partial charge in [-0.1, -0.05) is 0 Å². The van der Waals surface area contributed by atoms with E-state index in [0.29, 0.717) is 12.1 Å². The quantitative estimate of drug-likeness (QED) is 0.697. The van der Waals surface area contributed by atoms with Crippen molar-refractivity contribution in [2.45, 2.75) is 20.0 Å². The maximum atomic E-state index is 10.5. The molecule has 0 aliphatic rings. The Kier molecular flexibility index (Phi) is 2.62. The lowest BCUT2D eigenvalue weighted by Gasteiger charge is -2.03. The molecule has 5 nitrogen and oxygen atoms in total. The standard InChI is InChI=1S/C10H12N4O/c1-2-14-10(11-8-12-14)6-13-4-3-9(5-13)7-15/h3-5,7-8H,2,6H2,1H3. The molecule has 0 spiro atoms. The Labute approximate surface area is 87.4 Å². The minimum atomic E-state index is 0.641. The lowest BCUT2D eigenvalue weighted by atomic mass is 10.4. The molecule has 0 aliphatic carbocycles. The van der Waals surface area contributed by atoms with Crippen LogP contribution in [-0.2, 0) is 13.1 Å². The summed E-state index contributed by atoms with van der Waals surface area (Å²) in [5, 5.41) is 4.08. The third kappa shape index (κ3) is 1.96. The summed E-state index contributed by atoms with van der Waals surface area (Å²) in [7, 11) is 0. The van der Waals surface area contributed by atoms with Gasteiger partial charge in [0.1, 0.15) is 12.2 Å². The molecular weight excluding hydrogens is 192 g/mol. The first-order valence-corrected chi connectivity index (χ1v) is 4.81. The minimum Gasteiger partial charge on any atom is -0.346 e. The molecule has 2 aromatic rings. The molecule has 0 aliphatic heterocycles. The summed E-state index contributed by atoms with van der Waals surface area (Å²) in [6.07, 6.45) is 6.03. The molecule has 0 bridgehead atoms. The maximum Gasteiger partial charge on any atom is 0.151 e. The fraction of sp³-hybridized carbons (Fsp3) is 0.300. The third-order valence-electron chi connectivity index (χ3n) is 2.23. The molecule has 0 aromatic carbocycles. The molecule has 78 valence electrons. The number of hydrogen-bond acceptors (Lipinski definition) is 3. The van der Waals surface area contributed by atoms with Gasteiger partial charge in [0.15, 0.2) is 6.29 Å². The molecule has 0 amide bonds. The smallest absolute Gasteiger partial charge is 0.151 e. The monoisotopic (exact) mass is 204 g/mol. The van der Waals surface area contributed by atoms with E-state index in [1.165, 1.54) is 0 Å². The van der Waals surface area contributed by atoms with Crippen LogP contribution in [0.3, 0.4) is 0 Å². The number of carbonyl (C=O) groups is 1. The first-order valence-electron chi connectivity index (χ1n) is 4.81. The zero-order valence-electron chi connectivity index (χ0n) is 8.50. The van der Waals surface area contributed by atoms with Crippen molar-refractivity contribution in [1.82, 2.24) is 19.3 Å². The predicted octanol–water partition coefficient (Wildman–Crippen LogP) is 0.960. The van der Waals surface area contributed by atoms with E-state index >= 15 is 0 Å². The SMILES string of the molecule is CCn1ncnc1Cn1ccc(C=O)c1. The molecule has 0 unspecified atom stereocenters. The van der Waals surface area contributed by atoms with Gasteiger partial charge in [-0.2, -0.15) is 5.10 Å². The summed E-state index contributed by atoms with van der Waals surface area (Å²) in [6.45, 7) is 3.46. The van der Waals surface area contributed by atoms with Crippen LogP contribution in [-0.4, -0.2) is 25.6 Å². The van der Waals surface area contributed by atoms with E-state index in [9.17, 15) is 4.79 Å². The van der Waals surface area contributed by atoms with E-state index in [0.717, 1.165) is 18.7 Å². The van der Waals surface area contributed by atoms with E-state index < -0.39 is 0 Å². The molecule has 0 saturated heterocycles. The van der Waals surface area contributed by atoms with Gasteiger partial charge in [-0.25, -0.2) is 9.67 Å². The van der Waals surface area contributed by atoms with Gasteiger partial charge in [0, 0.05) is 24.5 Å². The Bertz CT molecular complexity index is 457. The van der Waals surface area contributed by atoms with Gasteiger partial charge in [0.2, 0.25) is 0 Å². The number of aromatic nitrogens is 4. The number of nitrogens with zero attached hydrogens (tertiary/aromatic N) is 4. The van der Waals surface area contributed by atoms with Gasteiger partial charge in [-0.05, 0) is 13.0 Å². The van der Waals surface area contributed by atoms with Crippen LogP contribution in [0.1, 0.15) is 23.1 Å². The Morgan fingerprint density at radius 1 is 1.53 bits per heavy atom. The molecule has 0 saturated carbocycles. The van der Waals surface area contributed by atoms with Crippen molar-refractivity contribution in [3.05, 3.63) is 36.2 Å². The molecule has 5 heteroatoms. The average Bonchev–Trinajstić information content (AvgIpc) is 2.87. The van der Waals surface area contributed by atoms with Crippen LogP contribution in [0.25, 0.3) is 0 Å². The van der Waals surface area contributed by atoms with E-state index in [2.05, 4.69) is 10.1 Å². The van der Waals surface area contributed by atoms with Crippen molar-refractivity contribution in [2.24, 2.45) is 0 Å². The van der Waals surface area contributed by atoms with Gasteiger partial charge in [-0.15, -0.1) is 0 Å². The number of carbonyl (C=O) groups excluding carboxylic acids is 1. The molecule has 2 rings (SSSR count). The summed E-state index contributed by atoms with van der Waals surface area (Å²) in [5.41, 5.74) is 0.678. The van der Waals surface area contributed by atoms with Gasteiger partial charge in [0.05, 0.1) is 6.54 Å². The highest BCUT2D eigenvalue weighted by molar-refractivity contribution is 5.74. The van der Waals surface area contributed by atoms with Gasteiger partial charge < -0.3 is 4.57 Å². The zero-order chi connectivity index (χ0) is 10.7. The molecule has 2 aromatic heterocycles. The van der Waals surface area contributed by atoms with Crippen LogP contribution < -0.4 is 0 Å². The minimum absolute atomic E-state index is 0.641. The van der Waals surface area contributed by atoms with E-state index in [1.807, 2.05) is 22.4 Å². The van der Waals surface area contributed by atoms with Crippen LogP contribution in [0.2, 0.25) is 0 Å². The van der Waals surface area contributed by atoms with Crippen molar-refractivity contribution in [2.75, 3.05) is 0 Å². The predicted molar refractivity (Wildman–Crippen MR) is 54.6 cm³/mol. The van der Waals surface area contributed by atoms with Crippen LogP contribution in [0.4, 0.5) is 0 Å². The Hall–Kier alpha value is -1.91. The lowest BCUT2D eigenvalue weighted by molar-refractivity contribution is 0.112. The zero-order valence-corrected chi connectivity index (χ0v) is 8.50. The van der Waals surface area contributed by atoms with Gasteiger partial charge in [0.25, 0.3) is 0 Å². The number of rotatable bonds is 4. The van der Waals surface area contributed by atoms with Crippen molar-refractivity contribution >= 4 is 6.29 Å². The van der Waals surface area contributed by atoms with Gasteiger partial charge >= 0.3 is 0 Å². The first-order chi connectivity index (χ1) is 7.33. The Balaban J connectivity index is 2.17. The molecule has 0 N–H and O–H groups in total. The van der Waals surface area contributed by atoms with Gasteiger partial charge in [-0.3, -0.25) is 4.79 Å². The Morgan fingerprint density at radius 3 is 3.07 bits per heavy atom. The summed E-state index contributed by atoms with van der Waals surface area (Å²) < 4.78 is 3.75. The summed E-state index contributed by atoms with van der Waals surface area (Å²) in [4.78, 5) is 14.7.